The Morgan fingerprint density at radius 2 is 1.64 bits per heavy atom. The minimum Gasteiger partial charge on any atom is -0.463 e. The molecule has 1 aromatic rings. The molecule has 0 atom stereocenters. The van der Waals surface area contributed by atoms with Crippen molar-refractivity contribution < 1.29 is 38.3 Å². The summed E-state index contributed by atoms with van der Waals surface area (Å²) >= 11 is 0.624. The highest BCUT2D eigenvalue weighted by molar-refractivity contribution is 7.18. The number of dihydropyridines is 1. The zero-order valence-corrected chi connectivity index (χ0v) is 19.1. The second kappa shape index (κ2) is 11.2. The van der Waals surface area contributed by atoms with E-state index < -0.39 is 41.3 Å². The fourth-order valence-electron chi connectivity index (χ4n) is 2.97. The van der Waals surface area contributed by atoms with Crippen LogP contribution < -0.4 is 10.6 Å². The van der Waals surface area contributed by atoms with Gasteiger partial charge in [0.1, 0.15) is 12.1 Å². The molecule has 0 saturated carbocycles. The average Bonchev–Trinajstić information content (AvgIpc) is 3.20. The molecular formula is C19H22N4O9S. The van der Waals surface area contributed by atoms with Crippen molar-refractivity contribution >= 4 is 45.3 Å². The van der Waals surface area contributed by atoms with E-state index >= 15 is 0 Å². The second-order valence-electron chi connectivity index (χ2n) is 6.49. The lowest BCUT2D eigenvalue weighted by Crippen LogP contribution is -2.39. The van der Waals surface area contributed by atoms with Crippen LogP contribution in [-0.2, 0) is 33.4 Å². The van der Waals surface area contributed by atoms with E-state index in [1.165, 1.54) is 13.8 Å². The Hall–Kier alpha value is -3.81. The Morgan fingerprint density at radius 1 is 1.09 bits per heavy atom. The van der Waals surface area contributed by atoms with E-state index in [0.29, 0.717) is 11.3 Å². The molecule has 178 valence electrons. The minimum atomic E-state index is -1.49. The number of thiazole rings is 1. The number of rotatable bonds is 9. The molecule has 0 bridgehead atoms. The molecule has 33 heavy (non-hydrogen) atoms. The van der Waals surface area contributed by atoms with E-state index in [0.717, 1.165) is 6.20 Å². The van der Waals surface area contributed by atoms with Gasteiger partial charge in [0.05, 0.1) is 29.3 Å². The van der Waals surface area contributed by atoms with E-state index in [-0.39, 0.29) is 45.9 Å². The van der Waals surface area contributed by atoms with Crippen molar-refractivity contribution in [2.75, 3.05) is 25.1 Å². The number of hydrogen-bond donors (Lipinski definition) is 2. The maximum Gasteiger partial charge on any atom is 0.345 e. The summed E-state index contributed by atoms with van der Waals surface area (Å²) in [5.41, 5.74) is 0.263. The Balaban J connectivity index is 2.23. The third-order valence-electron chi connectivity index (χ3n) is 4.25. The van der Waals surface area contributed by atoms with Gasteiger partial charge in [0.25, 0.3) is 5.91 Å². The van der Waals surface area contributed by atoms with Gasteiger partial charge in [0.15, 0.2) is 11.7 Å². The molecule has 13 nitrogen and oxygen atoms in total. The second-order valence-corrected chi connectivity index (χ2v) is 7.50. The van der Waals surface area contributed by atoms with Gasteiger partial charge in [-0.2, -0.15) is 0 Å². The molecule has 2 rings (SSSR count). The Morgan fingerprint density at radius 3 is 2.09 bits per heavy atom. The molecule has 1 aromatic heterocycles. The number of hydrogen-bond acceptors (Lipinski definition) is 12. The van der Waals surface area contributed by atoms with Gasteiger partial charge in [-0.25, -0.2) is 14.6 Å². The SMILES string of the molecule is CCOC(=O)C1=C(C)NC(C)=C(C(=O)OCC)C1C(=O)OCC(=O)Nc1ncc([N+](=O)[O-])s1. The summed E-state index contributed by atoms with van der Waals surface area (Å²) in [7, 11) is 0. The van der Waals surface area contributed by atoms with Gasteiger partial charge in [-0.3, -0.25) is 25.0 Å². The number of aromatic nitrogens is 1. The zero-order chi connectivity index (χ0) is 24.7. The van der Waals surface area contributed by atoms with Crippen LogP contribution in [0.3, 0.4) is 0 Å². The highest BCUT2D eigenvalue weighted by Crippen LogP contribution is 2.32. The third-order valence-corrected chi connectivity index (χ3v) is 5.12. The van der Waals surface area contributed by atoms with Gasteiger partial charge in [0, 0.05) is 11.4 Å². The molecule has 2 N–H and O–H groups in total. The molecular weight excluding hydrogens is 460 g/mol. The van der Waals surface area contributed by atoms with E-state index in [9.17, 15) is 29.3 Å². The minimum absolute atomic E-state index is 0.0250. The normalized spacial score (nSPS) is 13.8. The summed E-state index contributed by atoms with van der Waals surface area (Å²) in [5.74, 6) is -5.03. The monoisotopic (exact) mass is 482 g/mol. The van der Waals surface area contributed by atoms with Gasteiger partial charge < -0.3 is 19.5 Å². The Labute approximate surface area is 191 Å². The first kappa shape index (κ1) is 25.5. The summed E-state index contributed by atoms with van der Waals surface area (Å²) in [6.07, 6.45) is 0.972. The molecule has 0 radical (unpaired) electrons. The number of ether oxygens (including phenoxy) is 3. The molecule has 1 aliphatic rings. The van der Waals surface area contributed by atoms with Crippen molar-refractivity contribution in [3.8, 4) is 0 Å². The van der Waals surface area contributed by atoms with E-state index in [2.05, 4.69) is 15.6 Å². The first-order valence-electron chi connectivity index (χ1n) is 9.70. The maximum atomic E-state index is 13.0. The van der Waals surface area contributed by atoms with Crippen molar-refractivity contribution in [1.82, 2.24) is 10.3 Å². The van der Waals surface area contributed by atoms with Crippen LogP contribution in [0.15, 0.2) is 28.7 Å². The Kier molecular flexibility index (Phi) is 8.62. The summed E-state index contributed by atoms with van der Waals surface area (Å²) in [6.45, 7) is 5.48. The van der Waals surface area contributed by atoms with E-state index in [1.807, 2.05) is 0 Å². The number of esters is 3. The fraction of sp³-hybridized carbons (Fsp3) is 0.421. The lowest BCUT2D eigenvalue weighted by molar-refractivity contribution is -0.380. The number of nitro groups is 1. The van der Waals surface area contributed by atoms with Crippen molar-refractivity contribution in [3.63, 3.8) is 0 Å². The molecule has 0 aliphatic carbocycles. The highest BCUT2D eigenvalue weighted by Gasteiger charge is 2.42. The summed E-state index contributed by atoms with van der Waals surface area (Å²) in [4.78, 5) is 63.9. The third kappa shape index (κ3) is 6.12. The standard InChI is InChI=1S/C19H22N4O9S/c1-5-30-16(25)13-9(3)21-10(4)14(17(26)31-6-2)15(13)18(27)32-8-11(24)22-19-20-7-12(33-19)23(28)29/h7,15,21H,5-6,8H2,1-4H3,(H,20,22,24). The van der Waals surface area contributed by atoms with Gasteiger partial charge >= 0.3 is 22.9 Å². The fourth-order valence-corrected chi connectivity index (χ4v) is 3.62. The molecule has 14 heteroatoms. The molecule has 0 unspecified atom stereocenters. The topological polar surface area (TPSA) is 176 Å². The number of amides is 1. The number of nitrogens with one attached hydrogen (secondary N) is 2. The van der Waals surface area contributed by atoms with Crippen molar-refractivity contribution in [2.24, 2.45) is 5.92 Å². The molecule has 0 fully saturated rings. The van der Waals surface area contributed by atoms with Crippen LogP contribution >= 0.6 is 11.3 Å². The lowest BCUT2D eigenvalue weighted by Gasteiger charge is -2.28. The van der Waals surface area contributed by atoms with Gasteiger partial charge in [-0.15, -0.1) is 0 Å². The summed E-state index contributed by atoms with van der Waals surface area (Å²) < 4.78 is 15.1. The summed E-state index contributed by atoms with van der Waals surface area (Å²) in [6, 6.07) is 0. The number of nitrogens with zero attached hydrogens (tertiary/aromatic N) is 2. The predicted octanol–water partition coefficient (Wildman–Crippen LogP) is 1.43. The highest BCUT2D eigenvalue weighted by atomic mass is 32.1. The van der Waals surface area contributed by atoms with Crippen LogP contribution in [-0.4, -0.2) is 53.5 Å². The van der Waals surface area contributed by atoms with Gasteiger partial charge in [0.2, 0.25) is 0 Å². The number of carbonyl (C=O) groups excluding carboxylic acids is 4. The molecule has 1 aliphatic heterocycles. The average molecular weight is 482 g/mol. The van der Waals surface area contributed by atoms with Crippen molar-refractivity contribution in [2.45, 2.75) is 27.7 Å². The van der Waals surface area contributed by atoms with Gasteiger partial charge in [-0.1, -0.05) is 0 Å². The smallest absolute Gasteiger partial charge is 0.345 e. The molecule has 0 saturated heterocycles. The quantitative estimate of drug-likeness (QED) is 0.225. The first-order chi connectivity index (χ1) is 15.6. The Bertz CT molecular complexity index is 1000. The largest absolute Gasteiger partial charge is 0.463 e. The van der Waals surface area contributed by atoms with Crippen LogP contribution in [0.1, 0.15) is 27.7 Å². The van der Waals surface area contributed by atoms with Gasteiger partial charge in [-0.05, 0) is 39.0 Å². The van der Waals surface area contributed by atoms with Crippen LogP contribution in [0.2, 0.25) is 0 Å². The molecule has 2 heterocycles. The summed E-state index contributed by atoms with van der Waals surface area (Å²) in [5, 5.41) is 15.5. The van der Waals surface area contributed by atoms with Crippen molar-refractivity contribution in [1.29, 1.82) is 0 Å². The van der Waals surface area contributed by atoms with E-state index in [4.69, 9.17) is 14.2 Å². The molecule has 1 amide bonds. The van der Waals surface area contributed by atoms with E-state index in [1.54, 1.807) is 13.8 Å². The van der Waals surface area contributed by atoms with Crippen LogP contribution in [0, 0.1) is 16.0 Å². The maximum absolute atomic E-state index is 13.0. The first-order valence-corrected chi connectivity index (χ1v) is 10.5. The van der Waals surface area contributed by atoms with Crippen LogP contribution in [0.5, 0.6) is 0 Å². The lowest BCUT2D eigenvalue weighted by atomic mass is 9.85. The van der Waals surface area contributed by atoms with Crippen LogP contribution in [0.25, 0.3) is 0 Å². The van der Waals surface area contributed by atoms with Crippen LogP contribution in [0.4, 0.5) is 10.1 Å². The van der Waals surface area contributed by atoms with Crippen molar-refractivity contribution in [3.05, 3.63) is 38.9 Å². The molecule has 0 spiro atoms. The predicted molar refractivity (Wildman–Crippen MR) is 114 cm³/mol. The number of carbonyl (C=O) groups is 4. The number of anilines is 1. The number of allylic oxidation sites excluding steroid dienone is 2. The molecule has 0 aromatic carbocycles. The zero-order valence-electron chi connectivity index (χ0n) is 18.3.